The third kappa shape index (κ3) is 5.66. The third-order valence-corrected chi connectivity index (χ3v) is 5.64. The Morgan fingerprint density at radius 3 is 2.88 bits per heavy atom. The summed E-state index contributed by atoms with van der Waals surface area (Å²) in [7, 11) is 0. The van der Waals surface area contributed by atoms with Crippen LogP contribution in [0.3, 0.4) is 0 Å². The number of piperidine rings is 1. The van der Waals surface area contributed by atoms with E-state index in [-0.39, 0.29) is 11.9 Å². The first-order chi connectivity index (χ1) is 12.2. The topological polar surface area (TPSA) is 58.4 Å². The van der Waals surface area contributed by atoms with Gasteiger partial charge in [-0.25, -0.2) is 0 Å². The van der Waals surface area contributed by atoms with E-state index in [1.165, 1.54) is 17.7 Å². The van der Waals surface area contributed by atoms with Crippen molar-refractivity contribution in [3.63, 3.8) is 0 Å². The van der Waals surface area contributed by atoms with E-state index < -0.39 is 0 Å². The number of nitrogens with zero attached hydrogens (tertiary/aromatic N) is 1. The Balaban J connectivity index is 1.40. The van der Waals surface area contributed by atoms with E-state index >= 15 is 0 Å². The summed E-state index contributed by atoms with van der Waals surface area (Å²) in [5, 5.41) is 5.22. The van der Waals surface area contributed by atoms with E-state index in [4.69, 9.17) is 5.73 Å². The van der Waals surface area contributed by atoms with Gasteiger partial charge in [-0.2, -0.15) is 0 Å². The van der Waals surface area contributed by atoms with Gasteiger partial charge in [0.25, 0.3) is 0 Å². The van der Waals surface area contributed by atoms with Crippen molar-refractivity contribution in [3.8, 4) is 0 Å². The lowest BCUT2D eigenvalue weighted by atomic mass is 9.97. The van der Waals surface area contributed by atoms with Crippen molar-refractivity contribution in [1.82, 2.24) is 10.2 Å². The minimum absolute atomic E-state index is 0.0479. The summed E-state index contributed by atoms with van der Waals surface area (Å²) in [5.74, 6) is 0.581. The van der Waals surface area contributed by atoms with Crippen LogP contribution in [0.1, 0.15) is 35.7 Å². The van der Waals surface area contributed by atoms with Crippen LogP contribution in [0, 0.1) is 5.92 Å². The second kappa shape index (κ2) is 9.13. The molecule has 1 saturated heterocycles. The van der Waals surface area contributed by atoms with Gasteiger partial charge in [-0.05, 0) is 42.3 Å². The van der Waals surface area contributed by atoms with Crippen LogP contribution in [0.25, 0.3) is 0 Å². The minimum atomic E-state index is -0.233. The largest absolute Gasteiger partial charge is 0.356 e. The average Bonchev–Trinajstić information content (AvgIpc) is 3.14. The minimum Gasteiger partial charge on any atom is -0.356 e. The maximum Gasteiger partial charge on any atom is 0.221 e. The summed E-state index contributed by atoms with van der Waals surface area (Å²) in [4.78, 5) is 16.1. The van der Waals surface area contributed by atoms with Crippen LogP contribution in [0.4, 0.5) is 0 Å². The summed E-state index contributed by atoms with van der Waals surface area (Å²) in [5.41, 5.74) is 7.15. The number of nitrogens with one attached hydrogen (secondary N) is 1. The molecule has 0 radical (unpaired) electrons. The number of carbonyl (C=O) groups is 1. The summed E-state index contributed by atoms with van der Waals surface area (Å²) in [6, 6.07) is 13.9. The van der Waals surface area contributed by atoms with Crippen LogP contribution < -0.4 is 11.1 Å². The zero-order valence-corrected chi connectivity index (χ0v) is 15.4. The number of thiophene rings is 1. The average molecular weight is 358 g/mol. The molecule has 1 aliphatic heterocycles. The number of likely N-dealkylation sites (tertiary alicyclic amines) is 1. The fourth-order valence-electron chi connectivity index (χ4n) is 3.43. The van der Waals surface area contributed by atoms with E-state index in [0.29, 0.717) is 12.3 Å². The Kier molecular flexibility index (Phi) is 6.62. The smallest absolute Gasteiger partial charge is 0.221 e. The first-order valence-electron chi connectivity index (χ1n) is 9.02. The third-order valence-electron chi connectivity index (χ3n) is 4.78. The molecule has 25 heavy (non-hydrogen) atoms. The van der Waals surface area contributed by atoms with E-state index in [2.05, 4.69) is 27.7 Å². The maximum absolute atomic E-state index is 12.2. The standard InChI is InChI=1S/C20H27N3OS/c21-19(17-7-2-1-3-8-17)12-20(24)22-13-16-6-4-10-23(14-16)15-18-9-5-11-25-18/h1-3,5,7-9,11,16,19H,4,6,10,12-15,21H2,(H,22,24). The maximum atomic E-state index is 12.2. The molecular weight excluding hydrogens is 330 g/mol. The molecule has 3 rings (SSSR count). The number of nitrogens with two attached hydrogens (primary N) is 1. The number of amides is 1. The number of hydrogen-bond donors (Lipinski definition) is 2. The lowest BCUT2D eigenvalue weighted by molar-refractivity contribution is -0.121. The van der Waals surface area contributed by atoms with Crippen LogP contribution in [0.5, 0.6) is 0 Å². The monoisotopic (exact) mass is 357 g/mol. The summed E-state index contributed by atoms with van der Waals surface area (Å²) in [6.07, 6.45) is 2.73. The Bertz CT molecular complexity index is 644. The van der Waals surface area contributed by atoms with Crippen LogP contribution in [-0.4, -0.2) is 30.4 Å². The second-order valence-corrected chi connectivity index (χ2v) is 7.88. The van der Waals surface area contributed by atoms with E-state index in [1.54, 1.807) is 0 Å². The molecule has 0 bridgehead atoms. The molecule has 2 heterocycles. The van der Waals surface area contributed by atoms with E-state index in [1.807, 2.05) is 41.7 Å². The first kappa shape index (κ1) is 18.1. The van der Waals surface area contributed by atoms with Gasteiger partial charge >= 0.3 is 0 Å². The Hall–Kier alpha value is -1.69. The molecule has 134 valence electrons. The zero-order chi connectivity index (χ0) is 17.5. The van der Waals surface area contributed by atoms with Gasteiger partial charge < -0.3 is 11.1 Å². The van der Waals surface area contributed by atoms with Gasteiger partial charge in [-0.1, -0.05) is 36.4 Å². The Morgan fingerprint density at radius 1 is 1.28 bits per heavy atom. The van der Waals surface area contributed by atoms with Crippen LogP contribution in [-0.2, 0) is 11.3 Å². The van der Waals surface area contributed by atoms with E-state index in [9.17, 15) is 4.79 Å². The molecule has 5 heteroatoms. The number of benzene rings is 1. The molecule has 1 aromatic carbocycles. The van der Waals surface area contributed by atoms with Crippen LogP contribution in [0.2, 0.25) is 0 Å². The Labute approximate surface area is 154 Å². The fraction of sp³-hybridized carbons (Fsp3) is 0.450. The highest BCUT2D eigenvalue weighted by atomic mass is 32.1. The zero-order valence-electron chi connectivity index (χ0n) is 14.6. The predicted molar refractivity (Wildman–Crippen MR) is 103 cm³/mol. The highest BCUT2D eigenvalue weighted by Gasteiger charge is 2.21. The molecule has 1 fully saturated rings. The molecule has 4 nitrogen and oxygen atoms in total. The predicted octanol–water partition coefficient (Wildman–Crippen LogP) is 3.17. The van der Waals surface area contributed by atoms with Crippen LogP contribution in [0.15, 0.2) is 47.8 Å². The molecular formula is C20H27N3OS. The molecule has 1 aromatic heterocycles. The molecule has 0 aliphatic carbocycles. The molecule has 2 aromatic rings. The molecule has 0 spiro atoms. The molecule has 1 aliphatic rings. The molecule has 0 saturated carbocycles. The molecule has 2 unspecified atom stereocenters. The van der Waals surface area contributed by atoms with Gasteiger partial charge in [0.2, 0.25) is 5.91 Å². The lowest BCUT2D eigenvalue weighted by Crippen LogP contribution is -2.40. The lowest BCUT2D eigenvalue weighted by Gasteiger charge is -2.32. The van der Waals surface area contributed by atoms with Crippen molar-refractivity contribution in [1.29, 1.82) is 0 Å². The summed E-state index contributed by atoms with van der Waals surface area (Å²) >= 11 is 1.82. The van der Waals surface area contributed by atoms with Crippen molar-refractivity contribution in [3.05, 3.63) is 58.3 Å². The highest BCUT2D eigenvalue weighted by molar-refractivity contribution is 7.09. The SMILES string of the molecule is NC(CC(=O)NCC1CCCN(Cc2cccs2)C1)c1ccccc1. The Morgan fingerprint density at radius 2 is 2.12 bits per heavy atom. The summed E-state index contributed by atoms with van der Waals surface area (Å²) < 4.78 is 0. The number of hydrogen-bond acceptors (Lipinski definition) is 4. The van der Waals surface area contributed by atoms with Crippen molar-refractivity contribution in [2.45, 2.75) is 31.8 Å². The number of rotatable bonds is 7. The van der Waals surface area contributed by atoms with Gasteiger partial charge in [-0.3, -0.25) is 9.69 Å². The van der Waals surface area contributed by atoms with Gasteiger partial charge in [0.1, 0.15) is 0 Å². The first-order valence-corrected chi connectivity index (χ1v) is 9.90. The van der Waals surface area contributed by atoms with Crippen molar-refractivity contribution < 1.29 is 4.79 Å². The van der Waals surface area contributed by atoms with Crippen molar-refractivity contribution in [2.24, 2.45) is 11.7 Å². The van der Waals surface area contributed by atoms with Crippen LogP contribution >= 0.6 is 11.3 Å². The molecule has 1 amide bonds. The quantitative estimate of drug-likeness (QED) is 0.800. The second-order valence-electron chi connectivity index (χ2n) is 6.85. The fourth-order valence-corrected chi connectivity index (χ4v) is 4.18. The van der Waals surface area contributed by atoms with Gasteiger partial charge in [0.15, 0.2) is 0 Å². The number of carbonyl (C=O) groups excluding carboxylic acids is 1. The van der Waals surface area contributed by atoms with Gasteiger partial charge in [-0.15, -0.1) is 11.3 Å². The molecule has 2 atom stereocenters. The molecule has 3 N–H and O–H groups in total. The van der Waals surface area contributed by atoms with E-state index in [0.717, 1.165) is 31.7 Å². The summed E-state index contributed by atoms with van der Waals surface area (Å²) in [6.45, 7) is 3.99. The van der Waals surface area contributed by atoms with Gasteiger partial charge in [0.05, 0.1) is 0 Å². The highest BCUT2D eigenvalue weighted by Crippen LogP contribution is 2.20. The van der Waals surface area contributed by atoms with Crippen molar-refractivity contribution in [2.75, 3.05) is 19.6 Å². The normalized spacial score (nSPS) is 19.5. The van der Waals surface area contributed by atoms with Crippen molar-refractivity contribution >= 4 is 17.2 Å². The van der Waals surface area contributed by atoms with Gasteiger partial charge in [0, 0.05) is 37.0 Å².